The molecule has 1 heterocycles. The Morgan fingerprint density at radius 2 is 1.79 bits per heavy atom. The number of para-hydroxylation sites is 1. The van der Waals surface area contributed by atoms with Gasteiger partial charge in [-0.15, -0.1) is 0 Å². The van der Waals surface area contributed by atoms with E-state index in [4.69, 9.17) is 21.4 Å². The Balaban J connectivity index is 2.17. The van der Waals surface area contributed by atoms with Crippen LogP contribution in [0.5, 0.6) is 11.5 Å². The van der Waals surface area contributed by atoms with Crippen molar-refractivity contribution in [3.63, 3.8) is 0 Å². The van der Waals surface area contributed by atoms with Gasteiger partial charge in [0, 0.05) is 22.7 Å². The van der Waals surface area contributed by atoms with Crippen LogP contribution in [-0.2, 0) is 22.4 Å². The van der Waals surface area contributed by atoms with E-state index >= 15 is 0 Å². The number of fused-ring (bicyclic) bond motifs is 2. The van der Waals surface area contributed by atoms with Crippen LogP contribution in [0, 0.1) is 0 Å². The van der Waals surface area contributed by atoms with Gasteiger partial charge in [-0.1, -0.05) is 29.8 Å². The average Bonchev–Trinajstić information content (AvgIpc) is 2.60. The molecular weight excluding hydrogens is 382 g/mol. The number of hydrogen-bond donors (Lipinski definition) is 2. The van der Waals surface area contributed by atoms with E-state index in [0.717, 1.165) is 17.5 Å². The lowest BCUT2D eigenvalue weighted by molar-refractivity contribution is -0.133. The summed E-state index contributed by atoms with van der Waals surface area (Å²) >= 11 is 6.34. The van der Waals surface area contributed by atoms with Crippen molar-refractivity contribution >= 4 is 29.1 Å². The summed E-state index contributed by atoms with van der Waals surface area (Å²) in [5, 5.41) is 18.6. The maximum atomic E-state index is 11.6. The highest BCUT2D eigenvalue weighted by atomic mass is 35.5. The summed E-state index contributed by atoms with van der Waals surface area (Å²) in [4.78, 5) is 24.8. The molecule has 1 atom stereocenters. The molecule has 0 saturated heterocycles. The number of benzene rings is 2. The van der Waals surface area contributed by atoms with E-state index in [-0.39, 0.29) is 16.6 Å². The minimum absolute atomic E-state index is 0.106. The smallest absolute Gasteiger partial charge is 0.336 e. The van der Waals surface area contributed by atoms with Crippen LogP contribution in [0.15, 0.2) is 42.5 Å². The highest BCUT2D eigenvalue weighted by Crippen LogP contribution is 2.38. The van der Waals surface area contributed by atoms with Crippen LogP contribution < -0.4 is 4.74 Å². The number of carbonyl (C=O) groups is 2. The molecule has 3 rings (SSSR count). The second kappa shape index (κ2) is 8.04. The zero-order chi connectivity index (χ0) is 20.4. The minimum atomic E-state index is -1.37. The van der Waals surface area contributed by atoms with Crippen molar-refractivity contribution in [2.24, 2.45) is 0 Å². The quantitative estimate of drug-likeness (QED) is 0.759. The second-order valence-electron chi connectivity index (χ2n) is 6.88. The van der Waals surface area contributed by atoms with Crippen LogP contribution in [-0.4, -0.2) is 47.2 Å². The fourth-order valence-corrected chi connectivity index (χ4v) is 3.56. The molecule has 0 aromatic heterocycles. The van der Waals surface area contributed by atoms with Gasteiger partial charge in [0.15, 0.2) is 0 Å². The summed E-state index contributed by atoms with van der Waals surface area (Å²) < 4.78 is 6.10. The number of likely N-dealkylation sites (N-methyl/N-ethyl adjacent to an activating group) is 1. The molecule has 0 fully saturated rings. The topological polar surface area (TPSA) is 87.1 Å². The Hall–Kier alpha value is -2.83. The van der Waals surface area contributed by atoms with Gasteiger partial charge >= 0.3 is 11.9 Å². The Morgan fingerprint density at radius 1 is 1.11 bits per heavy atom. The number of hydrogen-bond acceptors (Lipinski definition) is 4. The highest BCUT2D eigenvalue weighted by molar-refractivity contribution is 6.35. The third-order valence-electron chi connectivity index (χ3n) is 4.77. The summed E-state index contributed by atoms with van der Waals surface area (Å²) in [6, 6.07) is 11.0. The molecule has 2 aromatic rings. The predicted molar refractivity (Wildman–Crippen MR) is 106 cm³/mol. The molecule has 1 unspecified atom stereocenters. The zero-order valence-electron chi connectivity index (χ0n) is 15.5. The Labute approximate surface area is 167 Å². The number of ether oxygens (including phenoxy) is 1. The number of carboxylic acid groups (broad SMARTS) is 2. The van der Waals surface area contributed by atoms with E-state index in [2.05, 4.69) is 4.90 Å². The van der Waals surface area contributed by atoms with Gasteiger partial charge in [-0.2, -0.15) is 0 Å². The molecule has 0 aliphatic carbocycles. The standard InChI is InChI=1S/C21H20ClNO5/c1-23(2)14-7-12-5-3-4-6-18(12)28-19-10-15(17(22)9-13(19)8-14)16(21(26)27)11-20(24)25/h3-6,9-11,14H,7-8H2,1-2H3,(H,24,25)(H,26,27)/b16-11-. The number of aliphatic carboxylic acids is 2. The van der Waals surface area contributed by atoms with Gasteiger partial charge in [-0.3, -0.25) is 0 Å². The van der Waals surface area contributed by atoms with Gasteiger partial charge in [-0.05, 0) is 56.3 Å². The monoisotopic (exact) mass is 401 g/mol. The zero-order valence-corrected chi connectivity index (χ0v) is 16.2. The van der Waals surface area contributed by atoms with Crippen molar-refractivity contribution < 1.29 is 24.5 Å². The van der Waals surface area contributed by atoms with Gasteiger partial charge in [0.05, 0.1) is 5.57 Å². The normalized spacial score (nSPS) is 16.4. The van der Waals surface area contributed by atoms with Crippen LogP contribution in [0.25, 0.3) is 5.57 Å². The summed E-state index contributed by atoms with van der Waals surface area (Å²) in [6.45, 7) is 0. The molecule has 0 radical (unpaired) electrons. The van der Waals surface area contributed by atoms with Crippen molar-refractivity contribution in [1.82, 2.24) is 4.90 Å². The third-order valence-corrected chi connectivity index (χ3v) is 5.09. The number of halogens is 1. The fraction of sp³-hybridized carbons (Fsp3) is 0.238. The van der Waals surface area contributed by atoms with Crippen LogP contribution in [0.4, 0.5) is 0 Å². The SMILES string of the molecule is CN(C)C1Cc2ccccc2Oc2cc(/C(=C/C(=O)O)C(=O)O)c(Cl)cc2C1. The first kappa shape index (κ1) is 19.9. The van der Waals surface area contributed by atoms with Crippen molar-refractivity contribution in [2.75, 3.05) is 14.1 Å². The molecule has 0 bridgehead atoms. The third kappa shape index (κ3) is 4.18. The maximum Gasteiger partial charge on any atom is 0.336 e. The Kier molecular flexibility index (Phi) is 5.72. The molecule has 0 amide bonds. The molecule has 1 aliphatic rings. The summed E-state index contributed by atoms with van der Waals surface area (Å²) in [7, 11) is 4.01. The first-order chi connectivity index (χ1) is 13.3. The van der Waals surface area contributed by atoms with Crippen molar-refractivity contribution in [3.05, 3.63) is 64.2 Å². The van der Waals surface area contributed by atoms with E-state index in [1.165, 1.54) is 6.07 Å². The van der Waals surface area contributed by atoms with Crippen molar-refractivity contribution in [3.8, 4) is 11.5 Å². The highest BCUT2D eigenvalue weighted by Gasteiger charge is 2.25. The fourth-order valence-electron chi connectivity index (χ4n) is 3.27. The first-order valence-electron chi connectivity index (χ1n) is 8.69. The summed E-state index contributed by atoms with van der Waals surface area (Å²) in [5.74, 6) is -1.58. The molecule has 2 aromatic carbocycles. The lowest BCUT2D eigenvalue weighted by Gasteiger charge is -2.29. The lowest BCUT2D eigenvalue weighted by atomic mass is 9.93. The van der Waals surface area contributed by atoms with Gasteiger partial charge in [0.1, 0.15) is 11.5 Å². The molecule has 28 heavy (non-hydrogen) atoms. The number of carboxylic acids is 2. The van der Waals surface area contributed by atoms with Gasteiger partial charge in [-0.25, -0.2) is 9.59 Å². The average molecular weight is 402 g/mol. The van der Waals surface area contributed by atoms with Crippen LogP contribution in [0.1, 0.15) is 16.7 Å². The second-order valence-corrected chi connectivity index (χ2v) is 7.28. The van der Waals surface area contributed by atoms with E-state index < -0.39 is 17.5 Å². The number of nitrogens with zero attached hydrogens (tertiary/aromatic N) is 1. The summed E-state index contributed by atoms with van der Waals surface area (Å²) in [5.41, 5.74) is 1.59. The van der Waals surface area contributed by atoms with Crippen LogP contribution in [0.3, 0.4) is 0 Å². The van der Waals surface area contributed by atoms with Crippen molar-refractivity contribution in [1.29, 1.82) is 0 Å². The molecule has 0 saturated carbocycles. The molecule has 0 spiro atoms. The maximum absolute atomic E-state index is 11.6. The number of rotatable bonds is 4. The van der Waals surface area contributed by atoms with Gasteiger partial charge in [0.25, 0.3) is 0 Å². The Morgan fingerprint density at radius 3 is 2.43 bits per heavy atom. The van der Waals surface area contributed by atoms with Crippen LogP contribution >= 0.6 is 11.6 Å². The van der Waals surface area contributed by atoms with Gasteiger partial charge < -0.3 is 19.8 Å². The molecule has 2 N–H and O–H groups in total. The van der Waals surface area contributed by atoms with E-state index in [1.807, 2.05) is 38.4 Å². The van der Waals surface area contributed by atoms with E-state index in [1.54, 1.807) is 6.07 Å². The van der Waals surface area contributed by atoms with Gasteiger partial charge in [0.2, 0.25) is 0 Å². The van der Waals surface area contributed by atoms with E-state index in [0.29, 0.717) is 24.0 Å². The van der Waals surface area contributed by atoms with Crippen molar-refractivity contribution in [2.45, 2.75) is 18.9 Å². The summed E-state index contributed by atoms with van der Waals surface area (Å²) in [6.07, 6.45) is 2.08. The largest absolute Gasteiger partial charge is 0.478 e. The lowest BCUT2D eigenvalue weighted by Crippen LogP contribution is -2.33. The minimum Gasteiger partial charge on any atom is -0.478 e. The molecule has 146 valence electrons. The molecular formula is C21H20ClNO5. The van der Waals surface area contributed by atoms with Crippen LogP contribution in [0.2, 0.25) is 5.02 Å². The predicted octanol–water partition coefficient (Wildman–Crippen LogP) is 3.71. The molecule has 1 aliphatic heterocycles. The van der Waals surface area contributed by atoms with E-state index in [9.17, 15) is 14.7 Å². The molecule has 7 heteroatoms. The Bertz CT molecular complexity index is 967. The first-order valence-corrected chi connectivity index (χ1v) is 9.07. The molecule has 6 nitrogen and oxygen atoms in total.